The van der Waals surface area contributed by atoms with Crippen LogP contribution < -0.4 is 0 Å². The number of hydrogen-bond acceptors (Lipinski definition) is 3. The predicted molar refractivity (Wildman–Crippen MR) is 80.3 cm³/mol. The number of piperidine rings is 1. The van der Waals surface area contributed by atoms with Crippen LogP contribution in [0.3, 0.4) is 0 Å². The van der Waals surface area contributed by atoms with E-state index in [1.54, 1.807) is 0 Å². The summed E-state index contributed by atoms with van der Waals surface area (Å²) in [4.78, 5) is 11.5. The molecule has 0 unspecified atom stereocenters. The van der Waals surface area contributed by atoms with Crippen LogP contribution in [0.1, 0.15) is 36.0 Å². The monoisotopic (exact) mass is 270 g/mol. The van der Waals surface area contributed by atoms with Crippen molar-refractivity contribution in [3.8, 4) is 5.69 Å². The third-order valence-electron chi connectivity index (χ3n) is 4.09. The smallest absolute Gasteiger partial charge is 0.110 e. The van der Waals surface area contributed by atoms with E-state index >= 15 is 0 Å². The Morgan fingerprint density at radius 1 is 1.30 bits per heavy atom. The van der Waals surface area contributed by atoms with Crippen molar-refractivity contribution in [2.24, 2.45) is 0 Å². The molecule has 0 radical (unpaired) electrons. The van der Waals surface area contributed by atoms with Crippen LogP contribution in [0.5, 0.6) is 0 Å². The fourth-order valence-electron chi connectivity index (χ4n) is 3.10. The lowest BCUT2D eigenvalue weighted by atomic mass is 9.94. The quantitative estimate of drug-likeness (QED) is 0.841. The molecule has 1 atom stereocenters. The molecule has 0 saturated carbocycles. The molecule has 4 nitrogen and oxygen atoms in total. The van der Waals surface area contributed by atoms with E-state index in [1.807, 2.05) is 20.0 Å². The summed E-state index contributed by atoms with van der Waals surface area (Å²) in [6.07, 6.45) is 6.51. The van der Waals surface area contributed by atoms with Gasteiger partial charge in [0.2, 0.25) is 0 Å². The standard InChI is InChI=1S/C16H22N4/c1-12-10-20(13(2)18-12)15-6-7-17-16(9-15)14-5-4-8-19(3)11-14/h6-7,9-10,14H,4-5,8,11H2,1-3H3/t14-/m0/s1. The molecule has 1 aliphatic rings. The van der Waals surface area contributed by atoms with Gasteiger partial charge in [0.05, 0.1) is 11.4 Å². The van der Waals surface area contributed by atoms with Crippen LogP contribution in [0.2, 0.25) is 0 Å². The summed E-state index contributed by atoms with van der Waals surface area (Å²) in [5.41, 5.74) is 3.43. The van der Waals surface area contributed by atoms with Gasteiger partial charge in [-0.15, -0.1) is 0 Å². The number of hydrogen-bond donors (Lipinski definition) is 0. The van der Waals surface area contributed by atoms with E-state index in [0.717, 1.165) is 18.1 Å². The van der Waals surface area contributed by atoms with Crippen molar-refractivity contribution < 1.29 is 0 Å². The molecular weight excluding hydrogens is 248 g/mol. The molecule has 2 aromatic heterocycles. The highest BCUT2D eigenvalue weighted by Crippen LogP contribution is 2.26. The van der Waals surface area contributed by atoms with Crippen LogP contribution in [0.25, 0.3) is 5.69 Å². The maximum absolute atomic E-state index is 4.60. The van der Waals surface area contributed by atoms with Crippen molar-refractivity contribution in [3.63, 3.8) is 0 Å². The number of nitrogens with zero attached hydrogens (tertiary/aromatic N) is 4. The topological polar surface area (TPSA) is 34.0 Å². The normalized spacial score (nSPS) is 20.2. The van der Waals surface area contributed by atoms with E-state index in [2.05, 4.69) is 44.8 Å². The molecule has 20 heavy (non-hydrogen) atoms. The number of rotatable bonds is 2. The second-order valence-corrected chi connectivity index (χ2v) is 5.84. The SMILES string of the molecule is Cc1cn(-c2ccnc([C@H]3CCCN(C)C3)c2)c(C)n1. The van der Waals surface area contributed by atoms with Gasteiger partial charge in [0.25, 0.3) is 0 Å². The fraction of sp³-hybridized carbons (Fsp3) is 0.500. The zero-order chi connectivity index (χ0) is 14.1. The Kier molecular flexibility index (Phi) is 3.57. The van der Waals surface area contributed by atoms with E-state index in [1.165, 1.54) is 30.8 Å². The molecule has 1 fully saturated rings. The second-order valence-electron chi connectivity index (χ2n) is 5.84. The maximum atomic E-state index is 4.60. The van der Waals surface area contributed by atoms with Crippen molar-refractivity contribution in [1.82, 2.24) is 19.4 Å². The first-order valence-corrected chi connectivity index (χ1v) is 7.31. The highest BCUT2D eigenvalue weighted by Gasteiger charge is 2.20. The van der Waals surface area contributed by atoms with Gasteiger partial charge in [0.15, 0.2) is 0 Å². The molecule has 1 aliphatic heterocycles. The molecule has 0 spiro atoms. The first-order valence-electron chi connectivity index (χ1n) is 7.31. The zero-order valence-corrected chi connectivity index (χ0v) is 12.5. The van der Waals surface area contributed by atoms with E-state index in [0.29, 0.717) is 5.92 Å². The lowest BCUT2D eigenvalue weighted by Crippen LogP contribution is -2.31. The van der Waals surface area contributed by atoms with E-state index < -0.39 is 0 Å². The number of aromatic nitrogens is 3. The third-order valence-corrected chi connectivity index (χ3v) is 4.09. The van der Waals surface area contributed by atoms with Crippen LogP contribution in [-0.2, 0) is 0 Å². The molecule has 3 heterocycles. The minimum Gasteiger partial charge on any atom is -0.306 e. The van der Waals surface area contributed by atoms with E-state index in [4.69, 9.17) is 0 Å². The Bertz CT molecular complexity index is 602. The molecule has 106 valence electrons. The second kappa shape index (κ2) is 5.37. The summed E-state index contributed by atoms with van der Waals surface area (Å²) >= 11 is 0. The van der Waals surface area contributed by atoms with Gasteiger partial charge in [0.1, 0.15) is 5.82 Å². The van der Waals surface area contributed by atoms with Gasteiger partial charge < -0.3 is 9.47 Å². The highest BCUT2D eigenvalue weighted by atomic mass is 15.1. The Labute approximate surface area is 120 Å². The van der Waals surface area contributed by atoms with Gasteiger partial charge in [0, 0.05) is 30.6 Å². The maximum Gasteiger partial charge on any atom is 0.110 e. The highest BCUT2D eigenvalue weighted by molar-refractivity contribution is 5.35. The van der Waals surface area contributed by atoms with Gasteiger partial charge in [-0.25, -0.2) is 4.98 Å². The Morgan fingerprint density at radius 2 is 2.15 bits per heavy atom. The Balaban J connectivity index is 1.91. The summed E-state index contributed by atoms with van der Waals surface area (Å²) < 4.78 is 2.15. The van der Waals surface area contributed by atoms with Crippen LogP contribution in [0.15, 0.2) is 24.5 Å². The zero-order valence-electron chi connectivity index (χ0n) is 12.5. The lowest BCUT2D eigenvalue weighted by molar-refractivity contribution is 0.248. The number of aryl methyl sites for hydroxylation is 2. The average Bonchev–Trinajstić information content (AvgIpc) is 2.78. The van der Waals surface area contributed by atoms with Crippen molar-refractivity contribution in [3.05, 3.63) is 41.7 Å². The average molecular weight is 270 g/mol. The molecule has 3 rings (SSSR count). The Hall–Kier alpha value is -1.68. The molecular formula is C16H22N4. The first kappa shape index (κ1) is 13.3. The van der Waals surface area contributed by atoms with Crippen molar-refractivity contribution in [1.29, 1.82) is 0 Å². The molecule has 0 amide bonds. The van der Waals surface area contributed by atoms with E-state index in [9.17, 15) is 0 Å². The van der Waals surface area contributed by atoms with Crippen LogP contribution in [-0.4, -0.2) is 39.6 Å². The van der Waals surface area contributed by atoms with Crippen molar-refractivity contribution >= 4 is 0 Å². The molecule has 2 aromatic rings. The summed E-state index contributed by atoms with van der Waals surface area (Å²) in [6, 6.07) is 4.28. The summed E-state index contributed by atoms with van der Waals surface area (Å²) in [5.74, 6) is 1.58. The minimum absolute atomic E-state index is 0.554. The van der Waals surface area contributed by atoms with Crippen LogP contribution in [0.4, 0.5) is 0 Å². The largest absolute Gasteiger partial charge is 0.306 e. The summed E-state index contributed by atoms with van der Waals surface area (Å²) in [5, 5.41) is 0. The summed E-state index contributed by atoms with van der Waals surface area (Å²) in [7, 11) is 2.19. The van der Waals surface area contributed by atoms with E-state index in [-0.39, 0.29) is 0 Å². The lowest BCUT2D eigenvalue weighted by Gasteiger charge is -2.29. The molecule has 1 saturated heterocycles. The fourth-order valence-corrected chi connectivity index (χ4v) is 3.10. The van der Waals surface area contributed by atoms with Gasteiger partial charge in [-0.2, -0.15) is 0 Å². The minimum atomic E-state index is 0.554. The number of likely N-dealkylation sites (tertiary alicyclic amines) is 1. The number of pyridine rings is 1. The van der Waals surface area contributed by atoms with Crippen molar-refractivity contribution in [2.45, 2.75) is 32.6 Å². The molecule has 4 heteroatoms. The molecule has 0 N–H and O–H groups in total. The third kappa shape index (κ3) is 2.61. The first-order chi connectivity index (χ1) is 9.63. The molecule has 0 aliphatic carbocycles. The van der Waals surface area contributed by atoms with Gasteiger partial charge in [-0.05, 0) is 52.4 Å². The molecule has 0 aromatic carbocycles. The van der Waals surface area contributed by atoms with Gasteiger partial charge >= 0.3 is 0 Å². The number of imidazole rings is 1. The van der Waals surface area contributed by atoms with Crippen molar-refractivity contribution in [2.75, 3.05) is 20.1 Å². The Morgan fingerprint density at radius 3 is 2.85 bits per heavy atom. The predicted octanol–water partition coefficient (Wildman–Crippen LogP) is 2.69. The van der Waals surface area contributed by atoms with Gasteiger partial charge in [-0.3, -0.25) is 4.98 Å². The summed E-state index contributed by atoms with van der Waals surface area (Å²) in [6.45, 7) is 6.39. The number of likely N-dealkylation sites (N-methyl/N-ethyl adjacent to an activating group) is 1. The van der Waals surface area contributed by atoms with Gasteiger partial charge in [-0.1, -0.05) is 0 Å². The van der Waals surface area contributed by atoms with Crippen LogP contribution in [0, 0.1) is 13.8 Å². The molecule has 0 bridgehead atoms. The van der Waals surface area contributed by atoms with Crippen LogP contribution >= 0.6 is 0 Å².